The Labute approximate surface area is 92.8 Å². The van der Waals surface area contributed by atoms with E-state index in [2.05, 4.69) is 5.32 Å². The molecule has 0 saturated heterocycles. The van der Waals surface area contributed by atoms with Gasteiger partial charge < -0.3 is 11.1 Å². The van der Waals surface area contributed by atoms with E-state index in [0.29, 0.717) is 5.56 Å². The SMILES string of the molecule is Nc1c(F)ccc2c1C(=O)NC21CCCC1. The number of hydrogen-bond acceptors (Lipinski definition) is 2. The Bertz CT molecular complexity index is 478. The second-order valence-electron chi connectivity index (χ2n) is 4.63. The minimum Gasteiger partial charge on any atom is -0.396 e. The van der Waals surface area contributed by atoms with Crippen molar-refractivity contribution in [3.05, 3.63) is 29.1 Å². The summed E-state index contributed by atoms with van der Waals surface area (Å²) < 4.78 is 13.3. The number of halogens is 1. The fraction of sp³-hybridized carbons (Fsp3) is 0.417. The van der Waals surface area contributed by atoms with Crippen LogP contribution in [0.15, 0.2) is 12.1 Å². The Hall–Kier alpha value is -1.58. The monoisotopic (exact) mass is 220 g/mol. The van der Waals surface area contributed by atoms with Gasteiger partial charge in [0.2, 0.25) is 0 Å². The maximum atomic E-state index is 13.3. The van der Waals surface area contributed by atoms with E-state index in [4.69, 9.17) is 5.73 Å². The third kappa shape index (κ3) is 1.04. The van der Waals surface area contributed by atoms with Gasteiger partial charge in [0, 0.05) is 0 Å². The van der Waals surface area contributed by atoms with Crippen LogP contribution in [0.3, 0.4) is 0 Å². The molecule has 1 heterocycles. The van der Waals surface area contributed by atoms with Crippen LogP contribution in [0.1, 0.15) is 41.6 Å². The molecule has 4 heteroatoms. The summed E-state index contributed by atoms with van der Waals surface area (Å²) in [5.74, 6) is -0.738. The number of anilines is 1. The standard InChI is InChI=1S/C12H13FN2O/c13-8-4-3-7-9(10(8)14)11(16)15-12(7)5-1-2-6-12/h3-4H,1-2,5-6,14H2,(H,15,16). The Morgan fingerprint density at radius 3 is 2.69 bits per heavy atom. The number of nitrogens with one attached hydrogen (secondary N) is 1. The molecule has 3 rings (SSSR count). The first kappa shape index (κ1) is 9.63. The van der Waals surface area contributed by atoms with E-state index >= 15 is 0 Å². The molecule has 84 valence electrons. The summed E-state index contributed by atoms with van der Waals surface area (Å²) in [4.78, 5) is 11.8. The van der Waals surface area contributed by atoms with E-state index < -0.39 is 5.82 Å². The minimum absolute atomic E-state index is 0.0150. The van der Waals surface area contributed by atoms with Crippen molar-refractivity contribution in [3.63, 3.8) is 0 Å². The maximum Gasteiger partial charge on any atom is 0.254 e. The van der Waals surface area contributed by atoms with Crippen LogP contribution in [-0.4, -0.2) is 5.91 Å². The van der Waals surface area contributed by atoms with Crippen molar-refractivity contribution < 1.29 is 9.18 Å². The molecule has 1 aliphatic carbocycles. The predicted octanol–water partition coefficient (Wildman–Crippen LogP) is 1.92. The summed E-state index contributed by atoms with van der Waals surface area (Å²) in [5.41, 5.74) is 6.59. The Balaban J connectivity index is 2.23. The average Bonchev–Trinajstić information content (AvgIpc) is 2.80. The lowest BCUT2D eigenvalue weighted by Gasteiger charge is -2.24. The fourth-order valence-corrected chi connectivity index (χ4v) is 2.96. The van der Waals surface area contributed by atoms with Gasteiger partial charge in [-0.2, -0.15) is 0 Å². The zero-order valence-electron chi connectivity index (χ0n) is 8.85. The molecule has 1 fully saturated rings. The smallest absolute Gasteiger partial charge is 0.254 e. The number of benzene rings is 1. The minimum atomic E-state index is -0.510. The number of fused-ring (bicyclic) bond motifs is 2. The molecule has 0 bridgehead atoms. The molecule has 0 aromatic heterocycles. The summed E-state index contributed by atoms with van der Waals surface area (Å²) in [6.45, 7) is 0. The molecule has 1 spiro atoms. The predicted molar refractivity (Wildman–Crippen MR) is 58.4 cm³/mol. The Morgan fingerprint density at radius 1 is 1.31 bits per heavy atom. The lowest BCUT2D eigenvalue weighted by Crippen LogP contribution is -2.36. The quantitative estimate of drug-likeness (QED) is 0.656. The van der Waals surface area contributed by atoms with E-state index in [1.807, 2.05) is 0 Å². The highest BCUT2D eigenvalue weighted by molar-refractivity contribution is 6.04. The van der Waals surface area contributed by atoms with Crippen LogP contribution < -0.4 is 11.1 Å². The second-order valence-corrected chi connectivity index (χ2v) is 4.63. The molecular weight excluding hydrogens is 207 g/mol. The van der Waals surface area contributed by atoms with Crippen LogP contribution in [0, 0.1) is 5.82 Å². The number of carbonyl (C=O) groups excluding carboxylic acids is 1. The first-order chi connectivity index (χ1) is 7.64. The molecule has 0 atom stereocenters. The zero-order valence-corrected chi connectivity index (χ0v) is 8.85. The Kier molecular flexibility index (Phi) is 1.79. The zero-order chi connectivity index (χ0) is 11.3. The summed E-state index contributed by atoms with van der Waals surface area (Å²) in [7, 11) is 0. The number of nitrogen functional groups attached to an aromatic ring is 1. The van der Waals surface area contributed by atoms with E-state index in [0.717, 1.165) is 31.2 Å². The molecule has 16 heavy (non-hydrogen) atoms. The first-order valence-electron chi connectivity index (χ1n) is 5.55. The van der Waals surface area contributed by atoms with Crippen molar-refractivity contribution in [1.29, 1.82) is 0 Å². The summed E-state index contributed by atoms with van der Waals surface area (Å²) in [5, 5.41) is 2.98. The van der Waals surface area contributed by atoms with Crippen molar-refractivity contribution in [3.8, 4) is 0 Å². The third-order valence-corrected chi connectivity index (χ3v) is 3.74. The van der Waals surface area contributed by atoms with E-state index in [9.17, 15) is 9.18 Å². The molecule has 1 saturated carbocycles. The van der Waals surface area contributed by atoms with Gasteiger partial charge in [-0.3, -0.25) is 4.79 Å². The summed E-state index contributed by atoms with van der Waals surface area (Å²) in [6.07, 6.45) is 4.04. The first-order valence-corrected chi connectivity index (χ1v) is 5.55. The van der Waals surface area contributed by atoms with Gasteiger partial charge in [-0.25, -0.2) is 4.39 Å². The van der Waals surface area contributed by atoms with E-state index in [-0.39, 0.29) is 17.1 Å². The van der Waals surface area contributed by atoms with Gasteiger partial charge in [0.25, 0.3) is 5.91 Å². The molecule has 3 N–H and O–H groups in total. The largest absolute Gasteiger partial charge is 0.396 e. The van der Waals surface area contributed by atoms with Gasteiger partial charge in [-0.1, -0.05) is 18.9 Å². The van der Waals surface area contributed by atoms with Gasteiger partial charge in [0.1, 0.15) is 5.82 Å². The lowest BCUT2D eigenvalue weighted by atomic mass is 9.88. The molecule has 1 aromatic rings. The molecule has 3 nitrogen and oxygen atoms in total. The molecule has 1 aliphatic heterocycles. The molecule has 1 amide bonds. The normalized spacial score (nSPS) is 21.2. The van der Waals surface area contributed by atoms with Crippen molar-refractivity contribution >= 4 is 11.6 Å². The number of hydrogen-bond donors (Lipinski definition) is 2. The summed E-state index contributed by atoms with van der Waals surface area (Å²) in [6, 6.07) is 3.05. The fourth-order valence-electron chi connectivity index (χ4n) is 2.96. The van der Waals surface area contributed by atoms with Gasteiger partial charge in [0.05, 0.1) is 16.8 Å². The van der Waals surface area contributed by atoms with Crippen LogP contribution in [0.25, 0.3) is 0 Å². The van der Waals surface area contributed by atoms with Crippen LogP contribution in [0.2, 0.25) is 0 Å². The lowest BCUT2D eigenvalue weighted by molar-refractivity contribution is 0.0931. The molecule has 2 aliphatic rings. The molecular formula is C12H13FN2O. The topological polar surface area (TPSA) is 55.1 Å². The van der Waals surface area contributed by atoms with E-state index in [1.165, 1.54) is 6.07 Å². The van der Waals surface area contributed by atoms with Crippen LogP contribution in [0.4, 0.5) is 10.1 Å². The average molecular weight is 220 g/mol. The Morgan fingerprint density at radius 2 is 2.00 bits per heavy atom. The van der Waals surface area contributed by atoms with Crippen molar-refractivity contribution in [1.82, 2.24) is 5.32 Å². The van der Waals surface area contributed by atoms with Gasteiger partial charge in [-0.05, 0) is 24.5 Å². The van der Waals surface area contributed by atoms with Gasteiger partial charge in [0.15, 0.2) is 0 Å². The van der Waals surface area contributed by atoms with Gasteiger partial charge in [-0.15, -0.1) is 0 Å². The summed E-state index contributed by atoms with van der Waals surface area (Å²) >= 11 is 0. The number of rotatable bonds is 0. The van der Waals surface area contributed by atoms with Crippen molar-refractivity contribution in [2.75, 3.05) is 5.73 Å². The van der Waals surface area contributed by atoms with E-state index in [1.54, 1.807) is 6.07 Å². The number of carbonyl (C=O) groups is 1. The maximum absolute atomic E-state index is 13.3. The molecule has 0 radical (unpaired) electrons. The van der Waals surface area contributed by atoms with Crippen LogP contribution in [0.5, 0.6) is 0 Å². The molecule has 1 aromatic carbocycles. The molecule has 0 unspecified atom stereocenters. The van der Waals surface area contributed by atoms with Crippen LogP contribution >= 0.6 is 0 Å². The van der Waals surface area contributed by atoms with Gasteiger partial charge >= 0.3 is 0 Å². The van der Waals surface area contributed by atoms with Crippen molar-refractivity contribution in [2.24, 2.45) is 0 Å². The van der Waals surface area contributed by atoms with Crippen molar-refractivity contribution in [2.45, 2.75) is 31.2 Å². The van der Waals surface area contributed by atoms with Crippen LogP contribution in [-0.2, 0) is 5.54 Å². The highest BCUT2D eigenvalue weighted by atomic mass is 19.1. The highest BCUT2D eigenvalue weighted by Gasteiger charge is 2.45. The third-order valence-electron chi connectivity index (χ3n) is 3.74. The second kappa shape index (κ2) is 2.97. The highest BCUT2D eigenvalue weighted by Crippen LogP contribution is 2.45. The number of amides is 1. The number of nitrogens with two attached hydrogens (primary N) is 1.